The summed E-state index contributed by atoms with van der Waals surface area (Å²) in [4.78, 5) is 12.7. The molecule has 1 fully saturated rings. The van der Waals surface area contributed by atoms with Crippen molar-refractivity contribution >= 4 is 17.5 Å². The molecule has 24 heavy (non-hydrogen) atoms. The standard InChI is InChI=1S/C16H16ClF3N2O2/c1-9-6-7-10(12(17)8-9)14(23)22-15(24,16(18,19)20)11-4-2-3-5-13(11)21-22/h5-8,11,21,24H,2-4H2,1H3/t11-,15-/m1/s1. The van der Waals surface area contributed by atoms with E-state index >= 15 is 0 Å². The number of rotatable bonds is 1. The number of hydrogen-bond acceptors (Lipinski definition) is 3. The maximum absolute atomic E-state index is 13.7. The van der Waals surface area contributed by atoms with Gasteiger partial charge in [-0.2, -0.15) is 13.2 Å². The van der Waals surface area contributed by atoms with Crippen molar-refractivity contribution in [3.8, 4) is 0 Å². The van der Waals surface area contributed by atoms with Gasteiger partial charge in [-0.1, -0.05) is 23.7 Å². The second-order valence-electron chi connectivity index (χ2n) is 6.10. The Balaban J connectivity index is 2.06. The maximum atomic E-state index is 13.7. The molecule has 0 aromatic heterocycles. The fraction of sp³-hybridized carbons (Fsp3) is 0.438. The van der Waals surface area contributed by atoms with Gasteiger partial charge in [0.15, 0.2) is 0 Å². The number of carbonyl (C=O) groups excluding carboxylic acids is 1. The highest BCUT2D eigenvalue weighted by molar-refractivity contribution is 6.33. The molecule has 130 valence electrons. The van der Waals surface area contributed by atoms with E-state index in [1.165, 1.54) is 12.1 Å². The molecular formula is C16H16ClF3N2O2. The van der Waals surface area contributed by atoms with Crippen LogP contribution in [0.25, 0.3) is 0 Å². The minimum Gasteiger partial charge on any atom is -0.362 e. The number of aryl methyl sites for hydroxylation is 1. The van der Waals surface area contributed by atoms with Gasteiger partial charge in [0, 0.05) is 5.70 Å². The van der Waals surface area contributed by atoms with Crippen molar-refractivity contribution in [1.29, 1.82) is 0 Å². The molecule has 1 aliphatic heterocycles. The highest BCUT2D eigenvalue weighted by Gasteiger charge is 2.68. The van der Waals surface area contributed by atoms with Gasteiger partial charge in [0.1, 0.15) is 0 Å². The van der Waals surface area contributed by atoms with Crippen molar-refractivity contribution < 1.29 is 23.1 Å². The molecule has 1 heterocycles. The molecule has 4 nitrogen and oxygen atoms in total. The second kappa shape index (κ2) is 5.67. The van der Waals surface area contributed by atoms with E-state index in [-0.39, 0.29) is 27.7 Å². The van der Waals surface area contributed by atoms with Crippen molar-refractivity contribution in [2.75, 3.05) is 0 Å². The van der Waals surface area contributed by atoms with E-state index in [9.17, 15) is 23.1 Å². The average molecular weight is 361 g/mol. The first-order valence-electron chi connectivity index (χ1n) is 7.53. The quantitative estimate of drug-likeness (QED) is 0.805. The number of nitrogens with one attached hydrogen (secondary N) is 1. The maximum Gasteiger partial charge on any atom is 0.439 e. The molecule has 1 aliphatic carbocycles. The minimum absolute atomic E-state index is 0.0372. The molecule has 0 spiro atoms. The summed E-state index contributed by atoms with van der Waals surface area (Å²) in [6.07, 6.45) is -2.17. The van der Waals surface area contributed by atoms with E-state index in [1.807, 2.05) is 0 Å². The van der Waals surface area contributed by atoms with Gasteiger partial charge in [-0.25, -0.2) is 5.01 Å². The van der Waals surface area contributed by atoms with Crippen LogP contribution in [0.3, 0.4) is 0 Å². The lowest BCUT2D eigenvalue weighted by Gasteiger charge is -2.37. The average Bonchev–Trinajstić information content (AvgIpc) is 2.81. The highest BCUT2D eigenvalue weighted by atomic mass is 35.5. The Labute approximate surface area is 141 Å². The predicted octanol–water partition coefficient (Wildman–Crippen LogP) is 3.54. The summed E-state index contributed by atoms with van der Waals surface area (Å²) >= 11 is 6.01. The summed E-state index contributed by atoms with van der Waals surface area (Å²) < 4.78 is 41.0. The fourth-order valence-corrected chi connectivity index (χ4v) is 3.55. The van der Waals surface area contributed by atoms with Crippen LogP contribution in [0.4, 0.5) is 13.2 Å². The van der Waals surface area contributed by atoms with Gasteiger partial charge in [-0.05, 0) is 43.9 Å². The van der Waals surface area contributed by atoms with Crippen molar-refractivity contribution in [2.45, 2.75) is 38.1 Å². The van der Waals surface area contributed by atoms with Crippen LogP contribution >= 0.6 is 11.6 Å². The number of nitrogens with zero attached hydrogens (tertiary/aromatic N) is 1. The van der Waals surface area contributed by atoms with Crippen molar-refractivity contribution in [1.82, 2.24) is 10.4 Å². The molecule has 0 unspecified atom stereocenters. The molecule has 3 rings (SSSR count). The lowest BCUT2D eigenvalue weighted by atomic mass is 9.84. The molecule has 1 saturated heterocycles. The van der Waals surface area contributed by atoms with Crippen molar-refractivity contribution in [3.05, 3.63) is 46.1 Å². The molecule has 1 aromatic rings. The zero-order valence-corrected chi connectivity index (χ0v) is 13.6. The number of carbonyl (C=O) groups is 1. The Bertz CT molecular complexity index is 720. The monoisotopic (exact) mass is 360 g/mol. The first-order chi connectivity index (χ1) is 11.2. The fourth-order valence-electron chi connectivity index (χ4n) is 3.23. The molecular weight excluding hydrogens is 345 g/mol. The van der Waals surface area contributed by atoms with Crippen molar-refractivity contribution in [2.24, 2.45) is 5.92 Å². The van der Waals surface area contributed by atoms with E-state index in [1.54, 1.807) is 19.1 Å². The number of aliphatic hydroxyl groups is 1. The molecule has 0 saturated carbocycles. The number of alkyl halides is 3. The number of hydrogen-bond donors (Lipinski definition) is 2. The summed E-state index contributed by atoms with van der Waals surface area (Å²) in [7, 11) is 0. The third-order valence-electron chi connectivity index (χ3n) is 4.48. The Morgan fingerprint density at radius 1 is 1.46 bits per heavy atom. The van der Waals surface area contributed by atoms with Crippen LogP contribution in [0.5, 0.6) is 0 Å². The summed E-state index contributed by atoms with van der Waals surface area (Å²) in [5, 5.41) is 10.8. The third-order valence-corrected chi connectivity index (χ3v) is 4.79. The number of fused-ring (bicyclic) bond motifs is 1. The summed E-state index contributed by atoms with van der Waals surface area (Å²) in [6.45, 7) is 1.75. The van der Waals surface area contributed by atoms with E-state index < -0.39 is 23.7 Å². The number of benzene rings is 1. The molecule has 2 atom stereocenters. The van der Waals surface area contributed by atoms with Gasteiger partial charge >= 0.3 is 6.18 Å². The zero-order valence-electron chi connectivity index (χ0n) is 12.8. The van der Waals surface area contributed by atoms with Crippen LogP contribution < -0.4 is 5.43 Å². The smallest absolute Gasteiger partial charge is 0.362 e. The van der Waals surface area contributed by atoms with Crippen LogP contribution in [0.15, 0.2) is 30.0 Å². The second-order valence-corrected chi connectivity index (χ2v) is 6.51. The molecule has 0 radical (unpaired) electrons. The van der Waals surface area contributed by atoms with Crippen LogP contribution in [0.2, 0.25) is 5.02 Å². The van der Waals surface area contributed by atoms with Crippen LogP contribution in [-0.4, -0.2) is 27.9 Å². The number of allylic oxidation sites excluding steroid dienone is 1. The molecule has 8 heteroatoms. The molecule has 0 bridgehead atoms. The summed E-state index contributed by atoms with van der Waals surface area (Å²) in [5.41, 5.74) is 0.0368. The number of amides is 1. The summed E-state index contributed by atoms with van der Waals surface area (Å²) in [5.74, 6) is -2.24. The first kappa shape index (κ1) is 17.1. The van der Waals surface area contributed by atoms with Gasteiger partial charge in [-0.3, -0.25) is 10.2 Å². The molecule has 2 aliphatic rings. The number of hydrazine groups is 1. The van der Waals surface area contributed by atoms with Crippen LogP contribution in [0.1, 0.15) is 35.2 Å². The van der Waals surface area contributed by atoms with Crippen LogP contribution in [0, 0.1) is 12.8 Å². The Kier molecular flexibility index (Phi) is 4.04. The van der Waals surface area contributed by atoms with E-state index in [4.69, 9.17) is 11.6 Å². The minimum atomic E-state index is -5.01. The molecule has 1 aromatic carbocycles. The van der Waals surface area contributed by atoms with Gasteiger partial charge in [0.2, 0.25) is 0 Å². The Morgan fingerprint density at radius 2 is 2.17 bits per heavy atom. The number of halogens is 4. The normalized spacial score (nSPS) is 26.7. The van der Waals surface area contributed by atoms with Gasteiger partial charge in [0.25, 0.3) is 11.6 Å². The van der Waals surface area contributed by atoms with E-state index in [0.717, 1.165) is 5.56 Å². The SMILES string of the molecule is Cc1ccc(C(=O)N2NC3=CCCC[C@H]3[C@@]2(O)C(F)(F)F)c(Cl)c1. The van der Waals surface area contributed by atoms with E-state index in [0.29, 0.717) is 12.8 Å². The zero-order chi connectivity index (χ0) is 17.7. The summed E-state index contributed by atoms with van der Waals surface area (Å²) in [6, 6.07) is 4.42. The lowest BCUT2D eigenvalue weighted by Crippen LogP contribution is -2.62. The topological polar surface area (TPSA) is 52.6 Å². The molecule has 1 amide bonds. The van der Waals surface area contributed by atoms with Gasteiger partial charge in [-0.15, -0.1) is 0 Å². The largest absolute Gasteiger partial charge is 0.439 e. The first-order valence-corrected chi connectivity index (χ1v) is 7.90. The Hall–Kier alpha value is -1.73. The van der Waals surface area contributed by atoms with Gasteiger partial charge < -0.3 is 5.11 Å². The highest BCUT2D eigenvalue weighted by Crippen LogP contribution is 2.49. The van der Waals surface area contributed by atoms with E-state index in [2.05, 4.69) is 5.43 Å². The third kappa shape index (κ3) is 2.46. The van der Waals surface area contributed by atoms with Gasteiger partial charge in [0.05, 0.1) is 16.5 Å². The lowest BCUT2D eigenvalue weighted by molar-refractivity contribution is -0.314. The van der Waals surface area contributed by atoms with Crippen molar-refractivity contribution in [3.63, 3.8) is 0 Å². The predicted molar refractivity (Wildman–Crippen MR) is 81.9 cm³/mol. The van der Waals surface area contributed by atoms with Crippen LogP contribution in [-0.2, 0) is 0 Å². The Morgan fingerprint density at radius 3 is 2.79 bits per heavy atom. The molecule has 2 N–H and O–H groups in total.